The van der Waals surface area contributed by atoms with Crippen LogP contribution in [0.15, 0.2) is 6.07 Å². The second-order valence-corrected chi connectivity index (χ2v) is 3.99. The first-order valence-electron chi connectivity index (χ1n) is 5.74. The lowest BCUT2D eigenvalue weighted by Gasteiger charge is -2.16. The van der Waals surface area contributed by atoms with Gasteiger partial charge in [0.25, 0.3) is 0 Å². The molecule has 112 valence electrons. The van der Waals surface area contributed by atoms with Crippen molar-refractivity contribution in [2.24, 2.45) is 0 Å². The van der Waals surface area contributed by atoms with Crippen LogP contribution < -0.4 is 10.6 Å². The van der Waals surface area contributed by atoms with E-state index in [0.29, 0.717) is 0 Å². The molecule has 1 rings (SSSR count). The van der Waals surface area contributed by atoms with Gasteiger partial charge in [0.05, 0.1) is 6.61 Å². The van der Waals surface area contributed by atoms with E-state index in [-0.39, 0.29) is 19.2 Å². The van der Waals surface area contributed by atoms with Crippen LogP contribution in [0.3, 0.4) is 0 Å². The van der Waals surface area contributed by atoms with E-state index in [0.717, 1.165) is 0 Å². The molecule has 4 nitrogen and oxygen atoms in total. The van der Waals surface area contributed by atoms with Crippen molar-refractivity contribution in [3.63, 3.8) is 0 Å². The van der Waals surface area contributed by atoms with Crippen LogP contribution in [-0.4, -0.2) is 32.2 Å². The molecule has 2 N–H and O–H groups in total. The Bertz CT molecular complexity index is 471. The van der Waals surface area contributed by atoms with Crippen molar-refractivity contribution in [1.82, 2.24) is 5.32 Å². The van der Waals surface area contributed by atoms with E-state index in [2.05, 4.69) is 10.6 Å². The van der Waals surface area contributed by atoms with Crippen molar-refractivity contribution in [3.8, 4) is 0 Å². The van der Waals surface area contributed by atoms with E-state index >= 15 is 0 Å². The maximum atomic E-state index is 13.4. The van der Waals surface area contributed by atoms with Crippen molar-refractivity contribution >= 4 is 11.6 Å². The minimum absolute atomic E-state index is 0.0964. The summed E-state index contributed by atoms with van der Waals surface area (Å²) in [6, 6.07) is -0.990. The van der Waals surface area contributed by atoms with Gasteiger partial charge in [-0.25, -0.2) is 17.6 Å². The second kappa shape index (κ2) is 7.09. The van der Waals surface area contributed by atoms with Gasteiger partial charge in [-0.3, -0.25) is 4.79 Å². The first-order chi connectivity index (χ1) is 9.38. The normalized spacial score (nSPS) is 12.1. The van der Waals surface area contributed by atoms with Gasteiger partial charge in [0, 0.05) is 19.7 Å². The summed E-state index contributed by atoms with van der Waals surface area (Å²) in [6.45, 7) is 1.75. The molecule has 0 aromatic heterocycles. The number of anilines is 1. The van der Waals surface area contributed by atoms with Crippen LogP contribution in [-0.2, 0) is 9.53 Å². The fourth-order valence-electron chi connectivity index (χ4n) is 1.41. The fraction of sp³-hybridized carbons (Fsp3) is 0.417. The van der Waals surface area contributed by atoms with Crippen LogP contribution in [0.4, 0.5) is 23.2 Å². The number of carbonyl (C=O) groups excluding carboxylic acids is 1. The average molecular weight is 294 g/mol. The lowest BCUT2D eigenvalue weighted by molar-refractivity contribution is -0.121. The molecule has 20 heavy (non-hydrogen) atoms. The third kappa shape index (κ3) is 3.83. The smallest absolute Gasteiger partial charge is 0.242 e. The maximum Gasteiger partial charge on any atom is 0.242 e. The van der Waals surface area contributed by atoms with E-state index in [1.54, 1.807) is 0 Å². The summed E-state index contributed by atoms with van der Waals surface area (Å²) in [5, 5.41) is 4.52. The summed E-state index contributed by atoms with van der Waals surface area (Å²) < 4.78 is 57.4. The summed E-state index contributed by atoms with van der Waals surface area (Å²) in [7, 11) is 1.44. The van der Waals surface area contributed by atoms with Crippen LogP contribution in [0.5, 0.6) is 0 Å². The zero-order chi connectivity index (χ0) is 15.3. The Kier molecular flexibility index (Phi) is 5.75. The number of hydrogen-bond donors (Lipinski definition) is 2. The summed E-state index contributed by atoms with van der Waals surface area (Å²) in [6.07, 6.45) is 0. The Morgan fingerprint density at radius 2 is 1.80 bits per heavy atom. The Morgan fingerprint density at radius 1 is 1.25 bits per heavy atom. The zero-order valence-corrected chi connectivity index (χ0v) is 10.9. The number of ether oxygens (including phenoxy) is 1. The van der Waals surface area contributed by atoms with Crippen LogP contribution in [0.2, 0.25) is 0 Å². The van der Waals surface area contributed by atoms with Crippen LogP contribution in [0.25, 0.3) is 0 Å². The molecule has 1 amide bonds. The number of methoxy groups -OCH3 is 1. The van der Waals surface area contributed by atoms with Gasteiger partial charge in [-0.05, 0) is 6.92 Å². The molecule has 0 aliphatic carbocycles. The van der Waals surface area contributed by atoms with Gasteiger partial charge in [-0.2, -0.15) is 0 Å². The van der Waals surface area contributed by atoms with Crippen LogP contribution in [0, 0.1) is 23.3 Å². The number of hydrogen-bond acceptors (Lipinski definition) is 3. The number of benzene rings is 1. The standard InChI is InChI=1S/C12H14F4N2O2/c1-6(12(19)17-3-4-20-2)18-11-9(15)7(13)5-8(14)10(11)16/h5-6,18H,3-4H2,1-2H3,(H,17,19). The highest BCUT2D eigenvalue weighted by Crippen LogP contribution is 2.24. The van der Waals surface area contributed by atoms with Crippen molar-refractivity contribution in [2.75, 3.05) is 25.6 Å². The molecule has 1 aromatic carbocycles. The number of carbonyl (C=O) groups is 1. The van der Waals surface area contributed by atoms with Crippen LogP contribution in [0.1, 0.15) is 6.92 Å². The first-order valence-corrected chi connectivity index (χ1v) is 5.74. The van der Waals surface area contributed by atoms with Gasteiger partial charge in [-0.15, -0.1) is 0 Å². The highest BCUT2D eigenvalue weighted by atomic mass is 19.2. The highest BCUT2D eigenvalue weighted by Gasteiger charge is 2.22. The molecular formula is C12H14F4N2O2. The Morgan fingerprint density at radius 3 is 2.30 bits per heavy atom. The molecule has 0 aliphatic heterocycles. The van der Waals surface area contributed by atoms with Gasteiger partial charge < -0.3 is 15.4 Å². The van der Waals surface area contributed by atoms with Gasteiger partial charge >= 0.3 is 0 Å². The molecule has 0 fully saturated rings. The van der Waals surface area contributed by atoms with Crippen molar-refractivity contribution in [2.45, 2.75) is 13.0 Å². The van der Waals surface area contributed by atoms with Gasteiger partial charge in [0.1, 0.15) is 11.7 Å². The lowest BCUT2D eigenvalue weighted by Crippen LogP contribution is -2.39. The summed E-state index contributed by atoms with van der Waals surface area (Å²) in [4.78, 5) is 11.6. The third-order valence-corrected chi connectivity index (χ3v) is 2.47. The summed E-state index contributed by atoms with van der Waals surface area (Å²) >= 11 is 0. The maximum absolute atomic E-state index is 13.4. The minimum atomic E-state index is -1.58. The van der Waals surface area contributed by atoms with Crippen LogP contribution >= 0.6 is 0 Å². The molecule has 0 radical (unpaired) electrons. The van der Waals surface area contributed by atoms with Gasteiger partial charge in [0.15, 0.2) is 23.3 Å². The molecule has 0 saturated carbocycles. The minimum Gasteiger partial charge on any atom is -0.383 e. The first kappa shape index (κ1) is 16.2. The second-order valence-electron chi connectivity index (χ2n) is 3.99. The molecule has 0 heterocycles. The molecular weight excluding hydrogens is 280 g/mol. The molecule has 1 atom stereocenters. The predicted octanol–water partition coefficient (Wildman–Crippen LogP) is 1.81. The van der Waals surface area contributed by atoms with E-state index in [1.807, 2.05) is 0 Å². The molecule has 0 aliphatic rings. The third-order valence-electron chi connectivity index (χ3n) is 2.47. The Labute approximate surface area is 113 Å². The number of rotatable bonds is 6. The molecule has 0 spiro atoms. The van der Waals surface area contributed by atoms with Crippen molar-refractivity contribution in [1.29, 1.82) is 0 Å². The van der Waals surface area contributed by atoms with Crippen molar-refractivity contribution < 1.29 is 27.1 Å². The molecule has 0 bridgehead atoms. The van der Waals surface area contributed by atoms with E-state index in [4.69, 9.17) is 4.74 Å². The predicted molar refractivity (Wildman–Crippen MR) is 64.2 cm³/mol. The number of nitrogens with one attached hydrogen (secondary N) is 2. The van der Waals surface area contributed by atoms with Gasteiger partial charge in [0.2, 0.25) is 5.91 Å². The molecule has 0 saturated heterocycles. The highest BCUT2D eigenvalue weighted by molar-refractivity contribution is 5.84. The average Bonchev–Trinajstić information content (AvgIpc) is 2.41. The van der Waals surface area contributed by atoms with E-state index in [9.17, 15) is 22.4 Å². The SMILES string of the molecule is COCCNC(=O)C(C)Nc1c(F)c(F)cc(F)c1F. The Hall–Kier alpha value is -1.83. The topological polar surface area (TPSA) is 50.4 Å². The largest absolute Gasteiger partial charge is 0.383 e. The van der Waals surface area contributed by atoms with E-state index < -0.39 is 40.9 Å². The van der Waals surface area contributed by atoms with Gasteiger partial charge in [-0.1, -0.05) is 0 Å². The molecule has 1 aromatic rings. The molecule has 8 heteroatoms. The monoisotopic (exact) mass is 294 g/mol. The number of halogens is 4. The quantitative estimate of drug-likeness (QED) is 0.478. The summed E-state index contributed by atoms with van der Waals surface area (Å²) in [5.74, 6) is -6.84. The van der Waals surface area contributed by atoms with Crippen molar-refractivity contribution in [3.05, 3.63) is 29.3 Å². The molecule has 1 unspecified atom stereocenters. The number of amides is 1. The zero-order valence-electron chi connectivity index (χ0n) is 10.9. The lowest BCUT2D eigenvalue weighted by atomic mass is 10.2. The fourth-order valence-corrected chi connectivity index (χ4v) is 1.41. The van der Waals surface area contributed by atoms with E-state index in [1.165, 1.54) is 14.0 Å². The Balaban J connectivity index is 2.80. The summed E-state index contributed by atoms with van der Waals surface area (Å²) in [5.41, 5.74) is -1.02.